The quantitative estimate of drug-likeness (QED) is 0.450. The topological polar surface area (TPSA) is 117 Å². The summed E-state index contributed by atoms with van der Waals surface area (Å²) in [5.74, 6) is -4.81. The third kappa shape index (κ3) is 5.06. The molecule has 2 aliphatic rings. The number of allylic oxidation sites excluding steroid dienone is 4. The van der Waals surface area contributed by atoms with Gasteiger partial charge in [0.1, 0.15) is 28.4 Å². The van der Waals surface area contributed by atoms with Gasteiger partial charge < -0.3 is 29.7 Å². The van der Waals surface area contributed by atoms with Crippen molar-refractivity contribution in [1.82, 2.24) is 14.9 Å². The molecule has 2 aromatic heterocycles. The molecule has 0 radical (unpaired) electrons. The zero-order valence-electron chi connectivity index (χ0n) is 21.8. The first kappa shape index (κ1) is 28.7. The number of aliphatic hydroxyl groups is 2. The maximum atomic E-state index is 15.4. The third-order valence-corrected chi connectivity index (χ3v) is 7.27. The Morgan fingerprint density at radius 2 is 1.90 bits per heavy atom. The fraction of sp³-hybridized carbons (Fsp3) is 0.500. The molecule has 2 unspecified atom stereocenters. The highest BCUT2D eigenvalue weighted by Gasteiger charge is 2.44. The Balaban J connectivity index is 1.97. The molecule has 0 bridgehead atoms. The molecule has 0 aromatic carbocycles. The number of nitrogens with one attached hydrogen (secondary N) is 1. The average Bonchev–Trinajstić information content (AvgIpc) is 3.19. The highest BCUT2D eigenvalue weighted by Crippen LogP contribution is 2.40. The number of amides is 1. The van der Waals surface area contributed by atoms with Crippen LogP contribution in [0.3, 0.4) is 0 Å². The number of alkyl halides is 1. The van der Waals surface area contributed by atoms with Crippen molar-refractivity contribution in [2.45, 2.75) is 50.7 Å². The molecule has 1 saturated heterocycles. The molecule has 0 spiro atoms. The Morgan fingerprint density at radius 1 is 1.26 bits per heavy atom. The number of hydrogen-bond acceptors (Lipinski definition) is 7. The molecule has 1 aliphatic heterocycles. The van der Waals surface area contributed by atoms with Crippen molar-refractivity contribution in [3.8, 4) is 0 Å². The third-order valence-electron chi connectivity index (χ3n) is 7.27. The zero-order chi connectivity index (χ0) is 28.8. The van der Waals surface area contributed by atoms with Crippen molar-refractivity contribution in [2.24, 2.45) is 5.92 Å². The van der Waals surface area contributed by atoms with Crippen molar-refractivity contribution in [3.05, 3.63) is 57.7 Å². The molecule has 1 fully saturated rings. The van der Waals surface area contributed by atoms with Crippen LogP contribution in [0, 0.1) is 11.7 Å². The lowest BCUT2D eigenvalue weighted by Crippen LogP contribution is -2.45. The number of rotatable bonds is 7. The number of pyridine rings is 2. The van der Waals surface area contributed by atoms with E-state index < -0.39 is 69.7 Å². The molecule has 13 heteroatoms. The van der Waals surface area contributed by atoms with Crippen LogP contribution in [0.4, 0.5) is 23.4 Å². The minimum absolute atomic E-state index is 0.107. The molecule has 1 amide bonds. The molecular weight excluding hydrogens is 524 g/mol. The van der Waals surface area contributed by atoms with E-state index in [1.165, 1.54) is 12.0 Å². The van der Waals surface area contributed by atoms with Gasteiger partial charge in [0.25, 0.3) is 5.91 Å². The lowest BCUT2D eigenvalue weighted by molar-refractivity contribution is 0.0572. The van der Waals surface area contributed by atoms with E-state index in [4.69, 9.17) is 4.74 Å². The summed E-state index contributed by atoms with van der Waals surface area (Å²) in [5, 5.41) is 22.0. The second-order valence-corrected chi connectivity index (χ2v) is 10.3. The molecule has 9 nitrogen and oxygen atoms in total. The smallest absolute Gasteiger partial charge is 0.257 e. The van der Waals surface area contributed by atoms with E-state index in [-0.39, 0.29) is 37.1 Å². The van der Waals surface area contributed by atoms with Crippen molar-refractivity contribution < 1.29 is 37.3 Å². The predicted octanol–water partition coefficient (Wildman–Crippen LogP) is 2.25. The predicted molar refractivity (Wildman–Crippen MR) is 135 cm³/mol. The number of β-amino-alcohol motifs (C(OH)–C–C–N with tert-alkyl or cyclic N) is 2. The van der Waals surface area contributed by atoms with Gasteiger partial charge in [-0.15, -0.1) is 0 Å². The first-order valence-corrected chi connectivity index (χ1v) is 12.4. The van der Waals surface area contributed by atoms with Gasteiger partial charge in [-0.3, -0.25) is 9.59 Å². The van der Waals surface area contributed by atoms with Crippen LogP contribution in [0.1, 0.15) is 31.1 Å². The molecule has 0 saturated carbocycles. The van der Waals surface area contributed by atoms with E-state index >= 15 is 13.2 Å². The summed E-state index contributed by atoms with van der Waals surface area (Å²) in [4.78, 5) is 32.1. The van der Waals surface area contributed by atoms with Gasteiger partial charge in [0.05, 0.1) is 30.2 Å². The number of anilines is 1. The summed E-state index contributed by atoms with van der Waals surface area (Å²) in [6.45, 7) is 4.45. The van der Waals surface area contributed by atoms with Crippen molar-refractivity contribution in [2.75, 3.05) is 31.7 Å². The molecule has 212 valence electrons. The van der Waals surface area contributed by atoms with E-state index in [1.54, 1.807) is 0 Å². The van der Waals surface area contributed by atoms with Gasteiger partial charge in [-0.1, -0.05) is 13.8 Å². The van der Waals surface area contributed by atoms with Gasteiger partial charge in [0.2, 0.25) is 5.43 Å². The summed E-state index contributed by atoms with van der Waals surface area (Å²) in [5.41, 5.74) is -4.17. The number of halogens is 4. The van der Waals surface area contributed by atoms with Crippen molar-refractivity contribution >= 4 is 22.8 Å². The number of carbonyl (C=O) groups is 1. The van der Waals surface area contributed by atoms with Crippen molar-refractivity contribution in [1.29, 1.82) is 0 Å². The second-order valence-electron chi connectivity index (χ2n) is 10.3. The maximum Gasteiger partial charge on any atom is 0.257 e. The van der Waals surface area contributed by atoms with Crippen LogP contribution in [-0.4, -0.2) is 76.9 Å². The number of fused-ring (bicyclic) bond motifs is 1. The molecular formula is C26H30F4N4O5. The number of ether oxygens (including phenoxy) is 1. The van der Waals surface area contributed by atoms with Gasteiger partial charge in [-0.25, -0.2) is 22.5 Å². The summed E-state index contributed by atoms with van der Waals surface area (Å²) in [6, 6.07) is 0.265. The van der Waals surface area contributed by atoms with Crippen LogP contribution in [0.25, 0.3) is 11.0 Å². The Bertz CT molecular complexity index is 1400. The Hall–Kier alpha value is -3.29. The first-order valence-electron chi connectivity index (χ1n) is 12.4. The summed E-state index contributed by atoms with van der Waals surface area (Å²) in [6.07, 6.45) is -2.76. The van der Waals surface area contributed by atoms with Crippen LogP contribution in [0.2, 0.25) is 0 Å². The largest absolute Gasteiger partial charge is 0.389 e. The SMILES string of the molecule is COC[C@@H](NC(=O)c1cn(C2(C)C(F)=CC(F)=CC2F)c2nc(N3C[C@@H](O)[C@@H](O)C3)c(F)cc2c1=O)C(C)C. The van der Waals surface area contributed by atoms with Gasteiger partial charge in [0.15, 0.2) is 17.8 Å². The second kappa shape index (κ2) is 10.7. The highest BCUT2D eigenvalue weighted by atomic mass is 19.2. The highest BCUT2D eigenvalue weighted by molar-refractivity contribution is 5.97. The fourth-order valence-corrected chi connectivity index (χ4v) is 4.72. The van der Waals surface area contributed by atoms with Gasteiger partial charge >= 0.3 is 0 Å². The molecule has 5 atom stereocenters. The van der Waals surface area contributed by atoms with E-state index in [0.29, 0.717) is 12.2 Å². The number of nitrogens with zero attached hydrogens (tertiary/aromatic N) is 3. The summed E-state index contributed by atoms with van der Waals surface area (Å²) >= 11 is 0. The van der Waals surface area contributed by atoms with Gasteiger partial charge in [0, 0.05) is 32.5 Å². The lowest BCUT2D eigenvalue weighted by atomic mass is 9.88. The number of methoxy groups -OCH3 is 1. The van der Waals surface area contributed by atoms with E-state index in [9.17, 15) is 24.2 Å². The normalized spacial score (nSPS) is 26.1. The molecule has 2 aromatic rings. The van der Waals surface area contributed by atoms with Gasteiger partial charge in [-0.2, -0.15) is 0 Å². The van der Waals surface area contributed by atoms with E-state index in [0.717, 1.165) is 23.8 Å². The van der Waals surface area contributed by atoms with Gasteiger partial charge in [-0.05, 0) is 25.0 Å². The lowest BCUT2D eigenvalue weighted by Gasteiger charge is -2.36. The van der Waals surface area contributed by atoms with Crippen molar-refractivity contribution in [3.63, 3.8) is 0 Å². The summed E-state index contributed by atoms with van der Waals surface area (Å²) < 4.78 is 65.9. The van der Waals surface area contributed by atoms with Crippen LogP contribution in [-0.2, 0) is 10.3 Å². The van der Waals surface area contributed by atoms with E-state index in [1.807, 2.05) is 13.8 Å². The fourth-order valence-electron chi connectivity index (χ4n) is 4.72. The molecule has 3 heterocycles. The van der Waals surface area contributed by atoms with E-state index in [2.05, 4.69) is 10.3 Å². The molecule has 3 N–H and O–H groups in total. The summed E-state index contributed by atoms with van der Waals surface area (Å²) in [7, 11) is 1.43. The number of hydrogen-bond donors (Lipinski definition) is 3. The van der Waals surface area contributed by atoms with Crippen LogP contribution >= 0.6 is 0 Å². The Kier molecular flexibility index (Phi) is 7.88. The standard InChI is InChI=1S/C26H30F4N4O5/c1-12(2)17(11-39-4)31-25(38)15-8-34(26(3)20(29)5-13(27)6-21(26)30)23-14(22(15)37)7-16(28)24(32-23)33-9-18(35)19(36)10-33/h5-8,12,17-20,35-36H,9-11H2,1-4H3,(H,31,38)/t17-,18-,19+,20?,26?/m1/s1. The Labute approximate surface area is 221 Å². The Morgan fingerprint density at radius 3 is 2.46 bits per heavy atom. The average molecular weight is 555 g/mol. The monoisotopic (exact) mass is 554 g/mol. The molecule has 1 aliphatic carbocycles. The maximum absolute atomic E-state index is 15.4. The van der Waals surface area contributed by atoms with Crippen LogP contribution in [0.15, 0.2) is 40.9 Å². The molecule has 4 rings (SSSR count). The number of aromatic nitrogens is 2. The number of aliphatic hydroxyl groups excluding tert-OH is 2. The zero-order valence-corrected chi connectivity index (χ0v) is 21.8. The minimum Gasteiger partial charge on any atom is -0.389 e. The first-order chi connectivity index (χ1) is 18.3. The number of carbonyl (C=O) groups excluding carboxylic acids is 1. The van der Waals surface area contributed by atoms with Crippen LogP contribution in [0.5, 0.6) is 0 Å². The van der Waals surface area contributed by atoms with Crippen LogP contribution < -0.4 is 15.6 Å². The molecule has 39 heavy (non-hydrogen) atoms. The minimum atomic E-state index is -2.30.